The van der Waals surface area contributed by atoms with Gasteiger partial charge in [-0.1, -0.05) is 0 Å². The average molecular weight is 228 g/mol. The molecular formula is C11H24N4O. The molecule has 0 aliphatic carbocycles. The predicted molar refractivity (Wildman–Crippen MR) is 65.2 cm³/mol. The van der Waals surface area contributed by atoms with Crippen LogP contribution < -0.4 is 11.1 Å². The number of likely N-dealkylation sites (N-methyl/N-ethyl adjacent to an activating group) is 2. The van der Waals surface area contributed by atoms with E-state index in [1.807, 2.05) is 0 Å². The summed E-state index contributed by atoms with van der Waals surface area (Å²) in [4.78, 5) is 16.0. The van der Waals surface area contributed by atoms with E-state index in [-0.39, 0.29) is 5.91 Å². The molecule has 0 spiro atoms. The van der Waals surface area contributed by atoms with Gasteiger partial charge in [-0.3, -0.25) is 9.69 Å². The molecule has 0 aromatic rings. The fourth-order valence-corrected chi connectivity index (χ4v) is 1.90. The van der Waals surface area contributed by atoms with Crippen LogP contribution in [0.1, 0.15) is 12.8 Å². The normalized spacial score (nSPS) is 23.3. The van der Waals surface area contributed by atoms with Gasteiger partial charge in [0.1, 0.15) is 0 Å². The minimum absolute atomic E-state index is 0.118. The van der Waals surface area contributed by atoms with E-state index >= 15 is 0 Å². The molecule has 1 fully saturated rings. The second-order valence-electron chi connectivity index (χ2n) is 4.59. The van der Waals surface area contributed by atoms with Crippen molar-refractivity contribution in [1.29, 1.82) is 0 Å². The van der Waals surface area contributed by atoms with Crippen LogP contribution >= 0.6 is 0 Å². The Morgan fingerprint density at radius 3 is 2.88 bits per heavy atom. The molecule has 1 aliphatic rings. The molecule has 0 radical (unpaired) electrons. The van der Waals surface area contributed by atoms with Crippen LogP contribution in [-0.2, 0) is 4.79 Å². The van der Waals surface area contributed by atoms with E-state index in [4.69, 9.17) is 5.73 Å². The second kappa shape index (κ2) is 6.83. The molecule has 0 aromatic carbocycles. The SMILES string of the molecule is CN1CCN(C)C(CNC(=O)CCCN)C1. The largest absolute Gasteiger partial charge is 0.354 e. The van der Waals surface area contributed by atoms with E-state index in [2.05, 4.69) is 29.2 Å². The van der Waals surface area contributed by atoms with Crippen LogP contribution in [0.25, 0.3) is 0 Å². The summed E-state index contributed by atoms with van der Waals surface area (Å²) in [5.41, 5.74) is 5.36. The molecule has 16 heavy (non-hydrogen) atoms. The van der Waals surface area contributed by atoms with Crippen molar-refractivity contribution in [1.82, 2.24) is 15.1 Å². The van der Waals surface area contributed by atoms with Gasteiger partial charge in [0.25, 0.3) is 0 Å². The Kier molecular flexibility index (Phi) is 5.73. The summed E-state index contributed by atoms with van der Waals surface area (Å²) in [5, 5.41) is 2.98. The standard InChI is InChI=1S/C11H24N4O/c1-14-6-7-15(2)10(9-14)8-13-11(16)4-3-5-12/h10H,3-9,12H2,1-2H3,(H,13,16). The minimum atomic E-state index is 0.118. The van der Waals surface area contributed by atoms with Gasteiger partial charge in [0.2, 0.25) is 5.91 Å². The van der Waals surface area contributed by atoms with Gasteiger partial charge in [-0.05, 0) is 27.1 Å². The highest BCUT2D eigenvalue weighted by Gasteiger charge is 2.22. The molecule has 1 amide bonds. The van der Waals surface area contributed by atoms with Crippen molar-refractivity contribution in [3.8, 4) is 0 Å². The average Bonchev–Trinajstić information content (AvgIpc) is 2.27. The van der Waals surface area contributed by atoms with Crippen LogP contribution in [0, 0.1) is 0 Å². The Hall–Kier alpha value is -0.650. The first-order valence-corrected chi connectivity index (χ1v) is 5.99. The summed E-state index contributed by atoms with van der Waals surface area (Å²) in [6.07, 6.45) is 1.31. The fraction of sp³-hybridized carbons (Fsp3) is 0.909. The van der Waals surface area contributed by atoms with E-state index in [1.165, 1.54) is 0 Å². The molecule has 1 rings (SSSR count). The summed E-state index contributed by atoms with van der Waals surface area (Å²) in [7, 11) is 4.24. The van der Waals surface area contributed by atoms with Crippen molar-refractivity contribution in [2.24, 2.45) is 5.73 Å². The number of nitrogens with one attached hydrogen (secondary N) is 1. The maximum Gasteiger partial charge on any atom is 0.220 e. The predicted octanol–water partition coefficient (Wildman–Crippen LogP) is -0.913. The lowest BCUT2D eigenvalue weighted by molar-refractivity contribution is -0.121. The third kappa shape index (κ3) is 4.47. The number of nitrogens with two attached hydrogens (primary N) is 1. The van der Waals surface area contributed by atoms with Gasteiger partial charge in [-0.15, -0.1) is 0 Å². The molecule has 1 aliphatic heterocycles. The second-order valence-corrected chi connectivity index (χ2v) is 4.59. The lowest BCUT2D eigenvalue weighted by atomic mass is 10.2. The number of carbonyl (C=O) groups excluding carboxylic acids is 1. The zero-order valence-corrected chi connectivity index (χ0v) is 10.4. The van der Waals surface area contributed by atoms with Crippen molar-refractivity contribution >= 4 is 5.91 Å². The fourth-order valence-electron chi connectivity index (χ4n) is 1.90. The van der Waals surface area contributed by atoms with Crippen molar-refractivity contribution in [2.75, 3.05) is 46.8 Å². The maximum atomic E-state index is 11.4. The van der Waals surface area contributed by atoms with Gasteiger partial charge in [0.15, 0.2) is 0 Å². The quantitative estimate of drug-likeness (QED) is 0.639. The van der Waals surface area contributed by atoms with Crippen LogP contribution in [0.2, 0.25) is 0 Å². The number of amides is 1. The van der Waals surface area contributed by atoms with E-state index < -0.39 is 0 Å². The number of carbonyl (C=O) groups is 1. The molecule has 0 saturated carbocycles. The number of piperazine rings is 1. The van der Waals surface area contributed by atoms with E-state index in [0.717, 1.165) is 32.6 Å². The number of hydrogen-bond acceptors (Lipinski definition) is 4. The molecule has 94 valence electrons. The highest BCUT2D eigenvalue weighted by molar-refractivity contribution is 5.75. The summed E-state index contributed by atoms with van der Waals surface area (Å²) >= 11 is 0. The summed E-state index contributed by atoms with van der Waals surface area (Å²) in [6.45, 7) is 4.52. The Bertz CT molecular complexity index is 222. The molecule has 1 unspecified atom stereocenters. The Labute approximate surface area is 98.0 Å². The maximum absolute atomic E-state index is 11.4. The van der Waals surface area contributed by atoms with Gasteiger partial charge >= 0.3 is 0 Å². The van der Waals surface area contributed by atoms with Gasteiger partial charge in [0.05, 0.1) is 0 Å². The van der Waals surface area contributed by atoms with E-state index in [1.54, 1.807) is 0 Å². The van der Waals surface area contributed by atoms with Crippen LogP contribution in [0.15, 0.2) is 0 Å². The molecule has 0 aromatic heterocycles. The first-order valence-electron chi connectivity index (χ1n) is 5.99. The van der Waals surface area contributed by atoms with Crippen molar-refractivity contribution in [3.63, 3.8) is 0 Å². The van der Waals surface area contributed by atoms with Crippen LogP contribution in [0.5, 0.6) is 0 Å². The minimum Gasteiger partial charge on any atom is -0.354 e. The molecule has 5 nitrogen and oxygen atoms in total. The summed E-state index contributed by atoms with van der Waals surface area (Å²) in [5.74, 6) is 0.118. The zero-order valence-electron chi connectivity index (χ0n) is 10.4. The van der Waals surface area contributed by atoms with Gasteiger partial charge in [0, 0.05) is 38.6 Å². The molecule has 1 atom stereocenters. The third-order valence-corrected chi connectivity index (χ3v) is 3.12. The summed E-state index contributed by atoms with van der Waals surface area (Å²) < 4.78 is 0. The van der Waals surface area contributed by atoms with Crippen LogP contribution in [-0.4, -0.2) is 68.6 Å². The summed E-state index contributed by atoms with van der Waals surface area (Å²) in [6, 6.07) is 0.431. The lowest BCUT2D eigenvalue weighted by Gasteiger charge is -2.37. The smallest absolute Gasteiger partial charge is 0.220 e. The Balaban J connectivity index is 2.22. The van der Waals surface area contributed by atoms with Crippen LogP contribution in [0.4, 0.5) is 0 Å². The highest BCUT2D eigenvalue weighted by atomic mass is 16.1. The Morgan fingerprint density at radius 2 is 2.19 bits per heavy atom. The van der Waals surface area contributed by atoms with Gasteiger partial charge in [-0.2, -0.15) is 0 Å². The lowest BCUT2D eigenvalue weighted by Crippen LogP contribution is -2.54. The number of nitrogens with zero attached hydrogens (tertiary/aromatic N) is 2. The topological polar surface area (TPSA) is 61.6 Å². The molecule has 1 heterocycles. The van der Waals surface area contributed by atoms with Gasteiger partial charge < -0.3 is 16.0 Å². The van der Waals surface area contributed by atoms with E-state index in [0.29, 0.717) is 19.0 Å². The monoisotopic (exact) mass is 228 g/mol. The molecule has 1 saturated heterocycles. The zero-order chi connectivity index (χ0) is 12.0. The molecular weight excluding hydrogens is 204 g/mol. The number of hydrogen-bond donors (Lipinski definition) is 2. The van der Waals surface area contributed by atoms with Gasteiger partial charge in [-0.25, -0.2) is 0 Å². The number of rotatable bonds is 5. The van der Waals surface area contributed by atoms with E-state index in [9.17, 15) is 4.79 Å². The molecule has 0 bridgehead atoms. The first kappa shape index (κ1) is 13.4. The van der Waals surface area contributed by atoms with Crippen molar-refractivity contribution in [3.05, 3.63) is 0 Å². The van der Waals surface area contributed by atoms with Crippen LogP contribution in [0.3, 0.4) is 0 Å². The highest BCUT2D eigenvalue weighted by Crippen LogP contribution is 2.04. The molecule has 5 heteroatoms. The van der Waals surface area contributed by atoms with Crippen molar-refractivity contribution in [2.45, 2.75) is 18.9 Å². The Morgan fingerprint density at radius 1 is 1.44 bits per heavy atom. The molecule has 3 N–H and O–H groups in total. The van der Waals surface area contributed by atoms with Crippen molar-refractivity contribution < 1.29 is 4.79 Å². The first-order chi connectivity index (χ1) is 7.63. The third-order valence-electron chi connectivity index (χ3n) is 3.12.